The Morgan fingerprint density at radius 1 is 1.35 bits per heavy atom. The van der Waals surface area contributed by atoms with Crippen molar-refractivity contribution in [3.8, 4) is 11.4 Å². The number of likely N-dealkylation sites (tertiary alicyclic amines) is 1. The van der Waals surface area contributed by atoms with Crippen molar-refractivity contribution in [3.05, 3.63) is 42.2 Å². The van der Waals surface area contributed by atoms with Gasteiger partial charge in [-0.1, -0.05) is 12.1 Å². The molecule has 1 aromatic heterocycles. The van der Waals surface area contributed by atoms with Gasteiger partial charge < -0.3 is 10.5 Å². The normalized spacial score (nSPS) is 19.3. The predicted octanol–water partition coefficient (Wildman–Crippen LogP) is 2.47. The standard InChI is InChI=1S/C17H24N4O.ClH/c1-13(18)14-8-10-20(11-14)12-15-7-9-19-21(15)16-5-3-4-6-17(16)22-2;/h3-7,9,13-14H,8,10-12,18H2,1-2H3;1H. The van der Waals surface area contributed by atoms with Crippen molar-refractivity contribution in [2.45, 2.75) is 25.9 Å². The number of benzene rings is 1. The maximum Gasteiger partial charge on any atom is 0.144 e. The highest BCUT2D eigenvalue weighted by Gasteiger charge is 2.26. The summed E-state index contributed by atoms with van der Waals surface area (Å²) in [4.78, 5) is 2.46. The summed E-state index contributed by atoms with van der Waals surface area (Å²) in [6.07, 6.45) is 3.03. The van der Waals surface area contributed by atoms with E-state index in [1.54, 1.807) is 7.11 Å². The van der Waals surface area contributed by atoms with Gasteiger partial charge in [0.1, 0.15) is 11.4 Å². The van der Waals surface area contributed by atoms with E-state index in [2.05, 4.69) is 23.0 Å². The fourth-order valence-electron chi connectivity index (χ4n) is 3.14. The highest BCUT2D eigenvalue weighted by molar-refractivity contribution is 5.85. The van der Waals surface area contributed by atoms with Crippen LogP contribution in [0.25, 0.3) is 5.69 Å². The highest BCUT2D eigenvalue weighted by atomic mass is 35.5. The summed E-state index contributed by atoms with van der Waals surface area (Å²) in [5.74, 6) is 1.44. The van der Waals surface area contributed by atoms with E-state index in [0.29, 0.717) is 5.92 Å². The van der Waals surface area contributed by atoms with Crippen molar-refractivity contribution in [2.75, 3.05) is 20.2 Å². The van der Waals surface area contributed by atoms with Crippen LogP contribution in [0, 0.1) is 5.92 Å². The van der Waals surface area contributed by atoms with Crippen LogP contribution in [0.4, 0.5) is 0 Å². The number of aromatic nitrogens is 2. The first-order chi connectivity index (χ1) is 10.7. The van der Waals surface area contributed by atoms with E-state index in [1.807, 2.05) is 35.1 Å². The zero-order valence-electron chi connectivity index (χ0n) is 13.7. The first-order valence-electron chi connectivity index (χ1n) is 7.83. The van der Waals surface area contributed by atoms with Crippen molar-refractivity contribution >= 4 is 12.4 Å². The summed E-state index contributed by atoms with van der Waals surface area (Å²) < 4.78 is 7.42. The lowest BCUT2D eigenvalue weighted by Crippen LogP contribution is -2.30. The van der Waals surface area contributed by atoms with Crippen LogP contribution in [-0.2, 0) is 6.54 Å². The van der Waals surface area contributed by atoms with E-state index in [4.69, 9.17) is 10.5 Å². The second-order valence-corrected chi connectivity index (χ2v) is 6.05. The van der Waals surface area contributed by atoms with Crippen LogP contribution >= 0.6 is 12.4 Å². The predicted molar refractivity (Wildman–Crippen MR) is 94.4 cm³/mol. The van der Waals surface area contributed by atoms with Crippen LogP contribution < -0.4 is 10.5 Å². The van der Waals surface area contributed by atoms with Crippen molar-refractivity contribution in [1.82, 2.24) is 14.7 Å². The van der Waals surface area contributed by atoms with Crippen LogP contribution in [0.2, 0.25) is 0 Å². The van der Waals surface area contributed by atoms with Gasteiger partial charge in [0, 0.05) is 25.3 Å². The van der Waals surface area contributed by atoms with Gasteiger partial charge in [-0.15, -0.1) is 12.4 Å². The molecule has 2 N–H and O–H groups in total. The summed E-state index contributed by atoms with van der Waals surface area (Å²) in [6.45, 7) is 5.16. The molecule has 1 saturated heterocycles. The van der Waals surface area contributed by atoms with Crippen molar-refractivity contribution in [2.24, 2.45) is 11.7 Å². The van der Waals surface area contributed by atoms with Gasteiger partial charge in [0.2, 0.25) is 0 Å². The van der Waals surface area contributed by atoms with Crippen LogP contribution in [0.1, 0.15) is 19.0 Å². The number of rotatable bonds is 5. The molecule has 0 amide bonds. The Morgan fingerprint density at radius 3 is 2.83 bits per heavy atom. The number of hydrogen-bond donors (Lipinski definition) is 1. The molecule has 126 valence electrons. The van der Waals surface area contributed by atoms with Crippen LogP contribution in [0.3, 0.4) is 0 Å². The van der Waals surface area contributed by atoms with Gasteiger partial charge in [-0.3, -0.25) is 4.90 Å². The summed E-state index contributed by atoms with van der Waals surface area (Å²) in [6, 6.07) is 10.3. The second kappa shape index (κ2) is 7.81. The lowest BCUT2D eigenvalue weighted by Gasteiger charge is -2.19. The third-order valence-electron chi connectivity index (χ3n) is 4.47. The summed E-state index contributed by atoms with van der Waals surface area (Å²) >= 11 is 0. The topological polar surface area (TPSA) is 56.3 Å². The van der Waals surface area contributed by atoms with Crippen molar-refractivity contribution < 1.29 is 4.74 Å². The molecule has 0 bridgehead atoms. The van der Waals surface area contributed by atoms with Crippen LogP contribution in [0.15, 0.2) is 36.5 Å². The first kappa shape index (κ1) is 17.8. The molecular formula is C17H25ClN4O. The number of nitrogens with zero attached hydrogens (tertiary/aromatic N) is 3. The monoisotopic (exact) mass is 336 g/mol. The van der Waals surface area contributed by atoms with E-state index in [9.17, 15) is 0 Å². The molecule has 6 heteroatoms. The van der Waals surface area contributed by atoms with E-state index in [0.717, 1.165) is 31.1 Å². The largest absolute Gasteiger partial charge is 0.494 e. The van der Waals surface area contributed by atoms with Crippen molar-refractivity contribution in [3.63, 3.8) is 0 Å². The number of ether oxygens (including phenoxy) is 1. The average molecular weight is 337 g/mol. The van der Waals surface area contributed by atoms with Crippen LogP contribution in [0.5, 0.6) is 5.75 Å². The molecule has 1 fully saturated rings. The molecular weight excluding hydrogens is 312 g/mol. The number of hydrogen-bond acceptors (Lipinski definition) is 4. The lowest BCUT2D eigenvalue weighted by atomic mass is 10.0. The van der Waals surface area contributed by atoms with Gasteiger partial charge in [0.25, 0.3) is 0 Å². The zero-order chi connectivity index (χ0) is 15.5. The van der Waals surface area contributed by atoms with E-state index in [-0.39, 0.29) is 18.4 Å². The lowest BCUT2D eigenvalue weighted by molar-refractivity contribution is 0.302. The van der Waals surface area contributed by atoms with Gasteiger partial charge >= 0.3 is 0 Å². The number of nitrogens with two attached hydrogens (primary N) is 1. The number of halogens is 1. The van der Waals surface area contributed by atoms with Gasteiger partial charge in [0.05, 0.1) is 12.8 Å². The fourth-order valence-corrected chi connectivity index (χ4v) is 3.14. The Bertz CT molecular complexity index is 629. The van der Waals surface area contributed by atoms with Crippen molar-refractivity contribution in [1.29, 1.82) is 0 Å². The quantitative estimate of drug-likeness (QED) is 0.911. The van der Waals surface area contributed by atoms with E-state index >= 15 is 0 Å². The highest BCUT2D eigenvalue weighted by Crippen LogP contribution is 2.25. The van der Waals surface area contributed by atoms with E-state index < -0.39 is 0 Å². The smallest absolute Gasteiger partial charge is 0.144 e. The molecule has 2 aromatic rings. The Balaban J connectivity index is 0.00000192. The second-order valence-electron chi connectivity index (χ2n) is 6.05. The molecule has 1 aliphatic rings. The molecule has 2 atom stereocenters. The summed E-state index contributed by atoms with van der Waals surface area (Å²) in [7, 11) is 1.69. The summed E-state index contributed by atoms with van der Waals surface area (Å²) in [5.41, 5.74) is 8.19. The molecule has 2 unspecified atom stereocenters. The van der Waals surface area contributed by atoms with Crippen LogP contribution in [-0.4, -0.2) is 40.9 Å². The van der Waals surface area contributed by atoms with Gasteiger partial charge in [-0.05, 0) is 44.0 Å². The third kappa shape index (κ3) is 3.86. The number of methoxy groups -OCH3 is 1. The molecule has 1 aliphatic heterocycles. The minimum atomic E-state index is 0. The first-order valence-corrected chi connectivity index (χ1v) is 7.83. The third-order valence-corrected chi connectivity index (χ3v) is 4.47. The molecule has 2 heterocycles. The molecule has 23 heavy (non-hydrogen) atoms. The molecule has 0 radical (unpaired) electrons. The number of para-hydroxylation sites is 2. The molecule has 0 aliphatic carbocycles. The summed E-state index contributed by atoms with van der Waals surface area (Å²) in [5, 5.41) is 4.48. The Labute approximate surface area is 143 Å². The Morgan fingerprint density at radius 2 is 2.13 bits per heavy atom. The zero-order valence-corrected chi connectivity index (χ0v) is 14.5. The average Bonchev–Trinajstić information content (AvgIpc) is 3.17. The maximum atomic E-state index is 6.03. The van der Waals surface area contributed by atoms with Gasteiger partial charge in [-0.25, -0.2) is 4.68 Å². The molecule has 3 rings (SSSR count). The maximum absolute atomic E-state index is 6.03. The minimum Gasteiger partial charge on any atom is -0.494 e. The molecule has 1 aromatic carbocycles. The fraction of sp³-hybridized carbons (Fsp3) is 0.471. The Hall–Kier alpha value is -1.56. The minimum absolute atomic E-state index is 0. The molecule has 5 nitrogen and oxygen atoms in total. The Kier molecular flexibility index (Phi) is 6.04. The van der Waals surface area contributed by atoms with E-state index in [1.165, 1.54) is 12.1 Å². The molecule has 0 spiro atoms. The van der Waals surface area contributed by atoms with Gasteiger partial charge in [-0.2, -0.15) is 5.10 Å². The molecule has 0 saturated carbocycles. The van der Waals surface area contributed by atoms with Gasteiger partial charge in [0.15, 0.2) is 0 Å². The SMILES string of the molecule is COc1ccccc1-n1nccc1CN1CCC(C(C)N)C1.Cl.